The van der Waals surface area contributed by atoms with Crippen molar-refractivity contribution < 1.29 is 9.53 Å². The molecule has 0 bridgehead atoms. The van der Waals surface area contributed by atoms with Gasteiger partial charge in [0.2, 0.25) is 5.91 Å². The summed E-state index contributed by atoms with van der Waals surface area (Å²) in [5, 5.41) is 0. The second kappa shape index (κ2) is 3.53. The number of amides is 1. The lowest BCUT2D eigenvalue weighted by Gasteiger charge is -2.19. The van der Waals surface area contributed by atoms with E-state index >= 15 is 0 Å². The Morgan fingerprint density at radius 3 is 2.50 bits per heavy atom. The molecule has 1 unspecified atom stereocenters. The molecule has 0 rings (SSSR count). The number of carbonyl (C=O) groups excluding carboxylic acids is 1. The van der Waals surface area contributed by atoms with Crippen LogP contribution in [0.4, 0.5) is 0 Å². The van der Waals surface area contributed by atoms with Crippen molar-refractivity contribution in [1.29, 1.82) is 0 Å². The van der Waals surface area contributed by atoms with Crippen molar-refractivity contribution in [2.45, 2.75) is 19.4 Å². The van der Waals surface area contributed by atoms with E-state index in [9.17, 15) is 4.79 Å². The van der Waals surface area contributed by atoms with Gasteiger partial charge in [0.1, 0.15) is 5.54 Å². The highest BCUT2D eigenvalue weighted by molar-refractivity contribution is 5.83. The SMILES string of the molecule is CCOCC(C)(N)C(N)=O. The van der Waals surface area contributed by atoms with Crippen molar-refractivity contribution >= 4 is 5.91 Å². The topological polar surface area (TPSA) is 78.3 Å². The van der Waals surface area contributed by atoms with Crippen LogP contribution in [0.1, 0.15) is 13.8 Å². The van der Waals surface area contributed by atoms with Crippen LogP contribution in [0, 0.1) is 0 Å². The molecular weight excluding hydrogens is 132 g/mol. The van der Waals surface area contributed by atoms with Crippen LogP contribution in [0.15, 0.2) is 0 Å². The number of primary amides is 1. The highest BCUT2D eigenvalue weighted by Crippen LogP contribution is 1.97. The van der Waals surface area contributed by atoms with Crippen LogP contribution < -0.4 is 11.5 Å². The first-order valence-corrected chi connectivity index (χ1v) is 3.17. The van der Waals surface area contributed by atoms with Crippen molar-refractivity contribution in [3.8, 4) is 0 Å². The minimum absolute atomic E-state index is 0.179. The van der Waals surface area contributed by atoms with Gasteiger partial charge < -0.3 is 16.2 Å². The number of nitrogens with two attached hydrogens (primary N) is 2. The van der Waals surface area contributed by atoms with Crippen LogP contribution >= 0.6 is 0 Å². The van der Waals surface area contributed by atoms with Gasteiger partial charge in [-0.1, -0.05) is 0 Å². The molecule has 4 N–H and O–H groups in total. The Kier molecular flexibility index (Phi) is 3.32. The molecule has 4 nitrogen and oxygen atoms in total. The van der Waals surface area contributed by atoms with E-state index in [1.165, 1.54) is 0 Å². The zero-order valence-electron chi connectivity index (χ0n) is 6.39. The summed E-state index contributed by atoms with van der Waals surface area (Å²) in [5.41, 5.74) is 9.38. The van der Waals surface area contributed by atoms with Crippen molar-refractivity contribution in [2.24, 2.45) is 11.5 Å². The normalized spacial score (nSPS) is 16.3. The number of ether oxygens (including phenoxy) is 1. The molecule has 1 atom stereocenters. The van der Waals surface area contributed by atoms with Gasteiger partial charge in [-0.2, -0.15) is 0 Å². The quantitative estimate of drug-likeness (QED) is 0.546. The lowest BCUT2D eigenvalue weighted by Crippen LogP contribution is -2.52. The third-order valence-electron chi connectivity index (χ3n) is 1.17. The number of hydrogen-bond acceptors (Lipinski definition) is 3. The fourth-order valence-electron chi connectivity index (χ4n) is 0.385. The summed E-state index contributed by atoms with van der Waals surface area (Å²) >= 11 is 0. The first-order valence-electron chi connectivity index (χ1n) is 3.17. The molecule has 60 valence electrons. The molecule has 0 aromatic heterocycles. The maximum absolute atomic E-state index is 10.5. The molecule has 4 heteroatoms. The van der Waals surface area contributed by atoms with Crippen LogP contribution in [-0.2, 0) is 9.53 Å². The minimum Gasteiger partial charge on any atom is -0.379 e. The van der Waals surface area contributed by atoms with Gasteiger partial charge in [-0.15, -0.1) is 0 Å². The van der Waals surface area contributed by atoms with Gasteiger partial charge in [-0.3, -0.25) is 4.79 Å². The van der Waals surface area contributed by atoms with E-state index in [0.717, 1.165) is 0 Å². The fraction of sp³-hybridized carbons (Fsp3) is 0.833. The molecular formula is C6H14N2O2. The smallest absolute Gasteiger partial charge is 0.239 e. The molecule has 1 amide bonds. The zero-order chi connectivity index (χ0) is 8.20. The van der Waals surface area contributed by atoms with Crippen LogP contribution in [0.25, 0.3) is 0 Å². The van der Waals surface area contributed by atoms with Crippen LogP contribution in [-0.4, -0.2) is 24.7 Å². The predicted molar refractivity (Wildman–Crippen MR) is 38.3 cm³/mol. The van der Waals surface area contributed by atoms with Crippen molar-refractivity contribution in [3.05, 3.63) is 0 Å². The predicted octanol–water partition coefficient (Wildman–Crippen LogP) is -0.774. The standard InChI is InChI=1S/C6H14N2O2/c1-3-10-4-6(2,8)5(7)9/h3-4,8H2,1-2H3,(H2,7,9). The Labute approximate surface area is 60.5 Å². The monoisotopic (exact) mass is 146 g/mol. The summed E-state index contributed by atoms with van der Waals surface area (Å²) in [5.74, 6) is -0.541. The van der Waals surface area contributed by atoms with E-state index in [2.05, 4.69) is 0 Å². The first kappa shape index (κ1) is 9.39. The Balaban J connectivity index is 3.75. The maximum atomic E-state index is 10.5. The Morgan fingerprint density at radius 1 is 1.70 bits per heavy atom. The molecule has 0 radical (unpaired) electrons. The molecule has 10 heavy (non-hydrogen) atoms. The summed E-state index contributed by atoms with van der Waals surface area (Å²) in [4.78, 5) is 10.5. The minimum atomic E-state index is -1.03. The molecule has 0 aromatic carbocycles. The lowest BCUT2D eigenvalue weighted by atomic mass is 10.1. The van der Waals surface area contributed by atoms with E-state index in [4.69, 9.17) is 16.2 Å². The zero-order valence-corrected chi connectivity index (χ0v) is 6.39. The second-order valence-electron chi connectivity index (χ2n) is 2.42. The van der Waals surface area contributed by atoms with Crippen molar-refractivity contribution in [2.75, 3.05) is 13.2 Å². The summed E-state index contributed by atoms with van der Waals surface area (Å²) in [6.45, 7) is 4.10. The molecule has 0 saturated heterocycles. The van der Waals surface area contributed by atoms with E-state index < -0.39 is 11.4 Å². The molecule has 0 aliphatic carbocycles. The van der Waals surface area contributed by atoms with Crippen LogP contribution in [0.3, 0.4) is 0 Å². The highest BCUT2D eigenvalue weighted by Gasteiger charge is 2.25. The molecule has 0 aromatic rings. The number of hydrogen-bond donors (Lipinski definition) is 2. The second-order valence-corrected chi connectivity index (χ2v) is 2.42. The van der Waals surface area contributed by atoms with E-state index in [-0.39, 0.29) is 6.61 Å². The molecule has 0 aliphatic rings. The Bertz CT molecular complexity index is 123. The van der Waals surface area contributed by atoms with E-state index in [1.54, 1.807) is 6.92 Å². The summed E-state index contributed by atoms with van der Waals surface area (Å²) in [7, 11) is 0. The van der Waals surface area contributed by atoms with Crippen molar-refractivity contribution in [1.82, 2.24) is 0 Å². The summed E-state index contributed by atoms with van der Waals surface area (Å²) < 4.78 is 4.93. The number of rotatable bonds is 4. The molecule has 0 fully saturated rings. The number of carbonyl (C=O) groups is 1. The fourth-order valence-corrected chi connectivity index (χ4v) is 0.385. The summed E-state index contributed by atoms with van der Waals surface area (Å²) in [6.07, 6.45) is 0. The van der Waals surface area contributed by atoms with Gasteiger partial charge in [0.05, 0.1) is 6.61 Å². The van der Waals surface area contributed by atoms with Crippen LogP contribution in [0.5, 0.6) is 0 Å². The van der Waals surface area contributed by atoms with E-state index in [1.807, 2.05) is 6.92 Å². The third kappa shape index (κ3) is 2.80. The lowest BCUT2D eigenvalue weighted by molar-refractivity contribution is -0.124. The average molecular weight is 146 g/mol. The van der Waals surface area contributed by atoms with E-state index in [0.29, 0.717) is 6.61 Å². The van der Waals surface area contributed by atoms with Gasteiger partial charge in [0.25, 0.3) is 0 Å². The van der Waals surface area contributed by atoms with Gasteiger partial charge >= 0.3 is 0 Å². The molecule has 0 heterocycles. The highest BCUT2D eigenvalue weighted by atomic mass is 16.5. The Hall–Kier alpha value is -0.610. The van der Waals surface area contributed by atoms with Gasteiger partial charge in [0.15, 0.2) is 0 Å². The third-order valence-corrected chi connectivity index (χ3v) is 1.17. The van der Waals surface area contributed by atoms with Crippen LogP contribution in [0.2, 0.25) is 0 Å². The maximum Gasteiger partial charge on any atom is 0.239 e. The van der Waals surface area contributed by atoms with Gasteiger partial charge in [-0.05, 0) is 13.8 Å². The molecule has 0 aliphatic heterocycles. The molecule has 0 saturated carbocycles. The van der Waals surface area contributed by atoms with Gasteiger partial charge in [0, 0.05) is 6.61 Å². The molecule has 0 spiro atoms. The van der Waals surface area contributed by atoms with Gasteiger partial charge in [-0.25, -0.2) is 0 Å². The summed E-state index contributed by atoms with van der Waals surface area (Å²) in [6, 6.07) is 0. The largest absolute Gasteiger partial charge is 0.379 e. The average Bonchev–Trinajstić information content (AvgIpc) is 1.84. The van der Waals surface area contributed by atoms with Crippen molar-refractivity contribution in [3.63, 3.8) is 0 Å². The first-order chi connectivity index (χ1) is 4.50. The Morgan fingerprint density at radius 2 is 2.20 bits per heavy atom.